The summed E-state index contributed by atoms with van der Waals surface area (Å²) in [5.74, 6) is 0.377. The van der Waals surface area contributed by atoms with Gasteiger partial charge in [0, 0.05) is 11.8 Å². The van der Waals surface area contributed by atoms with E-state index >= 15 is 0 Å². The summed E-state index contributed by atoms with van der Waals surface area (Å²) in [6, 6.07) is 1.76. The molecule has 90 valence electrons. The lowest BCUT2D eigenvalue weighted by molar-refractivity contribution is 0.234. The fourth-order valence-electron chi connectivity index (χ4n) is 1.47. The summed E-state index contributed by atoms with van der Waals surface area (Å²) in [5.41, 5.74) is 4.15. The van der Waals surface area contributed by atoms with Crippen LogP contribution in [-0.2, 0) is 0 Å². The molecule has 0 amide bonds. The SMILES string of the molecule is CCNCN=C(NO)c1ccnc2nc[nH]c12. The zero-order chi connectivity index (χ0) is 12.1. The first-order chi connectivity index (χ1) is 8.36. The van der Waals surface area contributed by atoms with Crippen molar-refractivity contribution in [1.29, 1.82) is 0 Å². The molecule has 0 aliphatic rings. The maximum absolute atomic E-state index is 9.11. The van der Waals surface area contributed by atoms with E-state index in [0.29, 0.717) is 18.2 Å². The first kappa shape index (κ1) is 11.5. The van der Waals surface area contributed by atoms with Gasteiger partial charge in [0.05, 0.1) is 18.5 Å². The second-order valence-electron chi connectivity index (χ2n) is 3.34. The Morgan fingerprint density at radius 2 is 2.41 bits per heavy atom. The second kappa shape index (κ2) is 5.37. The van der Waals surface area contributed by atoms with Gasteiger partial charge in [0.25, 0.3) is 0 Å². The minimum atomic E-state index is 0.377. The normalized spacial score (nSPS) is 12.0. The fourth-order valence-corrected chi connectivity index (χ4v) is 1.47. The van der Waals surface area contributed by atoms with Crippen molar-refractivity contribution in [3.05, 3.63) is 24.2 Å². The van der Waals surface area contributed by atoms with Crippen LogP contribution in [-0.4, -0.2) is 39.2 Å². The van der Waals surface area contributed by atoms with Crippen molar-refractivity contribution in [2.24, 2.45) is 4.99 Å². The van der Waals surface area contributed by atoms with Crippen LogP contribution in [0.3, 0.4) is 0 Å². The zero-order valence-corrected chi connectivity index (χ0v) is 9.44. The standard InChI is InChI=1S/C10H14N6O/c1-2-11-5-14-9(16-17)7-3-4-12-10-8(7)13-6-15-10/h3-4,6,11,17H,2,5H2,1H3,(H,14,16)(H,12,13,15). The number of nitrogens with zero attached hydrogens (tertiary/aromatic N) is 3. The molecule has 0 aliphatic heterocycles. The summed E-state index contributed by atoms with van der Waals surface area (Å²) in [4.78, 5) is 15.3. The third kappa shape index (κ3) is 2.40. The molecule has 0 fully saturated rings. The van der Waals surface area contributed by atoms with Gasteiger partial charge in [-0.1, -0.05) is 6.92 Å². The lowest BCUT2D eigenvalue weighted by Crippen LogP contribution is -2.24. The molecule has 0 aromatic carbocycles. The Morgan fingerprint density at radius 1 is 1.53 bits per heavy atom. The summed E-state index contributed by atoms with van der Waals surface area (Å²) in [7, 11) is 0. The Morgan fingerprint density at radius 3 is 3.18 bits per heavy atom. The van der Waals surface area contributed by atoms with Gasteiger partial charge in [0.1, 0.15) is 0 Å². The number of hydroxylamine groups is 1. The summed E-state index contributed by atoms with van der Waals surface area (Å²) in [5, 5.41) is 12.2. The molecule has 2 aromatic heterocycles. The van der Waals surface area contributed by atoms with Crippen molar-refractivity contribution in [1.82, 2.24) is 25.7 Å². The minimum absolute atomic E-state index is 0.377. The smallest absolute Gasteiger partial charge is 0.178 e. The highest BCUT2D eigenvalue weighted by Crippen LogP contribution is 2.11. The van der Waals surface area contributed by atoms with Gasteiger partial charge in [-0.25, -0.2) is 9.97 Å². The topological polar surface area (TPSA) is 98.2 Å². The molecular weight excluding hydrogens is 220 g/mol. The molecule has 17 heavy (non-hydrogen) atoms. The molecule has 0 bridgehead atoms. The highest BCUT2D eigenvalue weighted by molar-refractivity contribution is 6.06. The van der Waals surface area contributed by atoms with E-state index in [1.807, 2.05) is 6.92 Å². The van der Waals surface area contributed by atoms with Crippen LogP contribution in [0.25, 0.3) is 11.2 Å². The van der Waals surface area contributed by atoms with Crippen molar-refractivity contribution in [2.75, 3.05) is 13.2 Å². The number of imidazole rings is 1. The Hall–Kier alpha value is -1.99. The number of H-pyrrole nitrogens is 1. The number of amidine groups is 1. The molecule has 0 saturated carbocycles. The molecule has 7 heteroatoms. The monoisotopic (exact) mass is 234 g/mol. The van der Waals surface area contributed by atoms with Crippen LogP contribution in [0.4, 0.5) is 0 Å². The van der Waals surface area contributed by atoms with Gasteiger partial charge in [-0.05, 0) is 12.6 Å². The third-order valence-electron chi connectivity index (χ3n) is 2.29. The van der Waals surface area contributed by atoms with E-state index in [0.717, 1.165) is 17.6 Å². The Labute approximate surface area is 98.0 Å². The maximum Gasteiger partial charge on any atom is 0.178 e. The van der Waals surface area contributed by atoms with Gasteiger partial charge in [0.2, 0.25) is 0 Å². The number of aliphatic imine (C=N–C) groups is 1. The van der Waals surface area contributed by atoms with Gasteiger partial charge < -0.3 is 4.98 Å². The van der Waals surface area contributed by atoms with E-state index in [4.69, 9.17) is 5.21 Å². The van der Waals surface area contributed by atoms with Crippen molar-refractivity contribution in [2.45, 2.75) is 6.92 Å². The van der Waals surface area contributed by atoms with Crippen LogP contribution >= 0.6 is 0 Å². The molecule has 4 N–H and O–H groups in total. The van der Waals surface area contributed by atoms with Crippen molar-refractivity contribution >= 4 is 17.0 Å². The lowest BCUT2D eigenvalue weighted by Gasteiger charge is -2.06. The number of pyridine rings is 1. The number of hydrogen-bond acceptors (Lipinski definition) is 5. The number of fused-ring (bicyclic) bond motifs is 1. The molecule has 0 radical (unpaired) electrons. The van der Waals surface area contributed by atoms with Gasteiger partial charge >= 0.3 is 0 Å². The number of hydrogen-bond donors (Lipinski definition) is 4. The molecule has 0 saturated heterocycles. The van der Waals surface area contributed by atoms with Crippen molar-refractivity contribution < 1.29 is 5.21 Å². The highest BCUT2D eigenvalue weighted by atomic mass is 16.5. The Kier molecular flexibility index (Phi) is 3.63. The second-order valence-corrected chi connectivity index (χ2v) is 3.34. The zero-order valence-electron chi connectivity index (χ0n) is 9.44. The van der Waals surface area contributed by atoms with E-state index < -0.39 is 0 Å². The quantitative estimate of drug-likeness (QED) is 0.263. The predicted octanol–water partition coefficient (Wildman–Crippen LogP) is 0.250. The molecule has 0 aliphatic carbocycles. The lowest BCUT2D eigenvalue weighted by atomic mass is 10.2. The molecule has 7 nitrogen and oxygen atoms in total. The number of aromatic amines is 1. The Bertz CT molecular complexity index is 520. The van der Waals surface area contributed by atoms with E-state index in [-0.39, 0.29) is 0 Å². The van der Waals surface area contributed by atoms with Crippen molar-refractivity contribution in [3.8, 4) is 0 Å². The first-order valence-corrected chi connectivity index (χ1v) is 5.30. The minimum Gasteiger partial charge on any atom is -0.343 e. The Balaban J connectivity index is 2.36. The summed E-state index contributed by atoms with van der Waals surface area (Å²) >= 11 is 0. The number of rotatable bonds is 4. The molecule has 2 rings (SSSR count). The number of nitrogens with one attached hydrogen (secondary N) is 3. The molecule has 2 heterocycles. The summed E-state index contributed by atoms with van der Waals surface area (Å²) < 4.78 is 0. The van der Waals surface area contributed by atoms with Gasteiger partial charge in [0.15, 0.2) is 11.5 Å². The van der Waals surface area contributed by atoms with Gasteiger partial charge in [-0.15, -0.1) is 0 Å². The van der Waals surface area contributed by atoms with E-state index in [1.54, 1.807) is 18.6 Å². The van der Waals surface area contributed by atoms with Crippen LogP contribution in [0.1, 0.15) is 12.5 Å². The van der Waals surface area contributed by atoms with Crippen LogP contribution in [0, 0.1) is 0 Å². The fraction of sp³-hybridized carbons (Fsp3) is 0.300. The molecule has 0 atom stereocenters. The molecule has 0 unspecified atom stereocenters. The van der Waals surface area contributed by atoms with Crippen LogP contribution in [0.2, 0.25) is 0 Å². The van der Waals surface area contributed by atoms with Crippen LogP contribution in [0.15, 0.2) is 23.6 Å². The first-order valence-electron chi connectivity index (χ1n) is 5.30. The largest absolute Gasteiger partial charge is 0.343 e. The predicted molar refractivity (Wildman–Crippen MR) is 63.9 cm³/mol. The molecular formula is C10H14N6O. The summed E-state index contributed by atoms with van der Waals surface area (Å²) in [6.07, 6.45) is 3.18. The van der Waals surface area contributed by atoms with Crippen LogP contribution < -0.4 is 10.8 Å². The average Bonchev–Trinajstić information content (AvgIpc) is 2.83. The third-order valence-corrected chi connectivity index (χ3v) is 2.29. The highest BCUT2D eigenvalue weighted by Gasteiger charge is 2.09. The van der Waals surface area contributed by atoms with E-state index in [9.17, 15) is 0 Å². The number of aromatic nitrogens is 3. The van der Waals surface area contributed by atoms with E-state index in [1.165, 1.54) is 0 Å². The maximum atomic E-state index is 9.11. The molecule has 2 aromatic rings. The van der Waals surface area contributed by atoms with Gasteiger partial charge in [-0.3, -0.25) is 21.0 Å². The van der Waals surface area contributed by atoms with E-state index in [2.05, 4.69) is 30.7 Å². The van der Waals surface area contributed by atoms with Crippen LogP contribution in [0.5, 0.6) is 0 Å². The van der Waals surface area contributed by atoms with Crippen molar-refractivity contribution in [3.63, 3.8) is 0 Å². The van der Waals surface area contributed by atoms with Gasteiger partial charge in [-0.2, -0.15) is 0 Å². The molecule has 0 spiro atoms. The average molecular weight is 234 g/mol. The summed E-state index contributed by atoms with van der Waals surface area (Å²) in [6.45, 7) is 3.23.